The molecule has 28 heavy (non-hydrogen) atoms. The van der Waals surface area contributed by atoms with Gasteiger partial charge in [-0.3, -0.25) is 0 Å². The number of nitrogen functional groups attached to an aromatic ring is 1. The molecule has 0 aliphatic carbocycles. The van der Waals surface area contributed by atoms with Gasteiger partial charge in [-0.15, -0.1) is 0 Å². The molecule has 0 aliphatic heterocycles. The Morgan fingerprint density at radius 1 is 1.11 bits per heavy atom. The molecule has 2 aromatic carbocycles. The molecular formula is C19H16F5N3O. The van der Waals surface area contributed by atoms with Gasteiger partial charge in [-0.25, -0.2) is 13.5 Å². The van der Waals surface area contributed by atoms with E-state index in [0.29, 0.717) is 0 Å². The SMILES string of the molecule is CC(OCc1cc(F)cc(-c2cc(N)nn2-c2ccccc2F)c1)C(F)(F)F. The molecule has 0 saturated heterocycles. The first kappa shape index (κ1) is 19.8. The van der Waals surface area contributed by atoms with Crippen molar-refractivity contribution in [2.45, 2.75) is 25.8 Å². The number of nitrogens with zero attached hydrogens (tertiary/aromatic N) is 2. The Labute approximate surface area is 157 Å². The van der Waals surface area contributed by atoms with Crippen molar-refractivity contribution in [3.05, 3.63) is 65.7 Å². The topological polar surface area (TPSA) is 53.1 Å². The summed E-state index contributed by atoms with van der Waals surface area (Å²) in [4.78, 5) is 0. The van der Waals surface area contributed by atoms with Crippen molar-refractivity contribution in [2.24, 2.45) is 0 Å². The van der Waals surface area contributed by atoms with Crippen LogP contribution in [-0.2, 0) is 11.3 Å². The molecule has 0 aliphatic rings. The number of para-hydroxylation sites is 1. The normalized spacial score (nSPS) is 12.9. The van der Waals surface area contributed by atoms with Gasteiger partial charge in [0.1, 0.15) is 23.1 Å². The zero-order chi connectivity index (χ0) is 20.5. The Kier molecular flexibility index (Phi) is 5.37. The zero-order valence-electron chi connectivity index (χ0n) is 14.7. The van der Waals surface area contributed by atoms with Crippen molar-refractivity contribution in [3.63, 3.8) is 0 Å². The number of benzene rings is 2. The molecule has 1 aromatic heterocycles. The quantitative estimate of drug-likeness (QED) is 0.625. The van der Waals surface area contributed by atoms with E-state index >= 15 is 0 Å². The van der Waals surface area contributed by atoms with Crippen LogP contribution >= 0.6 is 0 Å². The average Bonchev–Trinajstić information content (AvgIpc) is 3.00. The van der Waals surface area contributed by atoms with Crippen LogP contribution in [0.5, 0.6) is 0 Å². The first-order chi connectivity index (χ1) is 13.1. The molecule has 4 nitrogen and oxygen atoms in total. The second-order valence-corrected chi connectivity index (χ2v) is 6.16. The minimum Gasteiger partial charge on any atom is -0.382 e. The summed E-state index contributed by atoms with van der Waals surface area (Å²) in [6, 6.07) is 10.9. The van der Waals surface area contributed by atoms with Crippen molar-refractivity contribution in [1.82, 2.24) is 9.78 Å². The van der Waals surface area contributed by atoms with Gasteiger partial charge in [0.05, 0.1) is 12.3 Å². The third-order valence-electron chi connectivity index (χ3n) is 4.02. The van der Waals surface area contributed by atoms with Gasteiger partial charge in [0.25, 0.3) is 0 Å². The van der Waals surface area contributed by atoms with Gasteiger partial charge in [0, 0.05) is 11.6 Å². The largest absolute Gasteiger partial charge is 0.414 e. The van der Waals surface area contributed by atoms with Crippen LogP contribution in [0.1, 0.15) is 12.5 Å². The van der Waals surface area contributed by atoms with Crippen LogP contribution in [0, 0.1) is 11.6 Å². The summed E-state index contributed by atoms with van der Waals surface area (Å²) in [5.74, 6) is -1.17. The monoisotopic (exact) mass is 397 g/mol. The number of hydrogen-bond acceptors (Lipinski definition) is 3. The standard InChI is InChI=1S/C19H16F5N3O/c1-11(19(22,23)24)28-10-12-6-13(8-14(20)7-12)17-9-18(25)26-27(17)16-5-3-2-4-15(16)21/h2-9,11H,10H2,1H3,(H2,25,26). The number of nitrogens with two attached hydrogens (primary N) is 1. The molecule has 9 heteroatoms. The predicted molar refractivity (Wildman–Crippen MR) is 93.6 cm³/mol. The van der Waals surface area contributed by atoms with Crippen molar-refractivity contribution in [3.8, 4) is 16.9 Å². The van der Waals surface area contributed by atoms with Crippen LogP contribution in [0.4, 0.5) is 27.8 Å². The lowest BCUT2D eigenvalue weighted by atomic mass is 10.1. The van der Waals surface area contributed by atoms with Gasteiger partial charge in [0.2, 0.25) is 0 Å². The molecule has 3 aromatic rings. The number of alkyl halides is 3. The van der Waals surface area contributed by atoms with Crippen molar-refractivity contribution in [1.29, 1.82) is 0 Å². The van der Waals surface area contributed by atoms with E-state index in [2.05, 4.69) is 5.10 Å². The summed E-state index contributed by atoms with van der Waals surface area (Å²) < 4.78 is 72.0. The summed E-state index contributed by atoms with van der Waals surface area (Å²) in [6.45, 7) is 0.420. The van der Waals surface area contributed by atoms with Crippen LogP contribution in [-0.4, -0.2) is 22.1 Å². The van der Waals surface area contributed by atoms with E-state index in [4.69, 9.17) is 10.5 Å². The lowest BCUT2D eigenvalue weighted by Gasteiger charge is -2.17. The van der Waals surface area contributed by atoms with Crippen LogP contribution in [0.2, 0.25) is 0 Å². The Morgan fingerprint density at radius 3 is 2.50 bits per heavy atom. The van der Waals surface area contributed by atoms with Crippen LogP contribution in [0.25, 0.3) is 16.9 Å². The number of rotatable bonds is 5. The van der Waals surface area contributed by atoms with Gasteiger partial charge in [-0.05, 0) is 42.8 Å². The maximum atomic E-state index is 14.2. The molecule has 1 heterocycles. The summed E-state index contributed by atoms with van der Waals surface area (Å²) in [6.07, 6.45) is -6.52. The lowest BCUT2D eigenvalue weighted by molar-refractivity contribution is -0.217. The van der Waals surface area contributed by atoms with E-state index in [1.807, 2.05) is 0 Å². The molecule has 0 spiro atoms. The fourth-order valence-corrected chi connectivity index (χ4v) is 2.61. The van der Waals surface area contributed by atoms with E-state index in [-0.39, 0.29) is 28.3 Å². The summed E-state index contributed by atoms with van der Waals surface area (Å²) in [5.41, 5.74) is 6.57. The van der Waals surface area contributed by atoms with E-state index in [1.165, 1.54) is 35.0 Å². The molecule has 1 atom stereocenters. The second-order valence-electron chi connectivity index (χ2n) is 6.16. The summed E-state index contributed by atoms with van der Waals surface area (Å²) in [7, 11) is 0. The number of anilines is 1. The van der Waals surface area contributed by atoms with Gasteiger partial charge >= 0.3 is 6.18 Å². The van der Waals surface area contributed by atoms with Gasteiger partial charge < -0.3 is 10.5 Å². The van der Waals surface area contributed by atoms with Crippen LogP contribution in [0.15, 0.2) is 48.5 Å². The third kappa shape index (κ3) is 4.30. The molecule has 0 amide bonds. The molecule has 0 radical (unpaired) electrons. The maximum Gasteiger partial charge on any atom is 0.414 e. The van der Waals surface area contributed by atoms with Gasteiger partial charge in [0.15, 0.2) is 6.10 Å². The number of aromatic nitrogens is 2. The molecule has 2 N–H and O–H groups in total. The van der Waals surface area contributed by atoms with E-state index in [1.54, 1.807) is 6.07 Å². The Balaban J connectivity index is 1.97. The molecular weight excluding hydrogens is 381 g/mol. The van der Waals surface area contributed by atoms with E-state index in [0.717, 1.165) is 19.1 Å². The van der Waals surface area contributed by atoms with E-state index in [9.17, 15) is 22.0 Å². The molecule has 3 rings (SSSR count). The van der Waals surface area contributed by atoms with Gasteiger partial charge in [-0.1, -0.05) is 12.1 Å². The maximum absolute atomic E-state index is 14.2. The molecule has 148 valence electrons. The number of halogens is 5. The highest BCUT2D eigenvalue weighted by atomic mass is 19.4. The predicted octanol–water partition coefficient (Wildman–Crippen LogP) is 4.87. The van der Waals surface area contributed by atoms with E-state index < -0.39 is 30.5 Å². The second kappa shape index (κ2) is 7.59. The smallest absolute Gasteiger partial charge is 0.382 e. The Bertz CT molecular complexity index is 984. The minimum absolute atomic E-state index is 0.0750. The molecule has 1 unspecified atom stereocenters. The zero-order valence-corrected chi connectivity index (χ0v) is 14.7. The Hall–Kier alpha value is -2.94. The minimum atomic E-state index is -4.52. The first-order valence-electron chi connectivity index (χ1n) is 8.24. The van der Waals surface area contributed by atoms with Crippen LogP contribution < -0.4 is 5.73 Å². The Morgan fingerprint density at radius 2 is 1.82 bits per heavy atom. The fourth-order valence-electron chi connectivity index (χ4n) is 2.61. The highest BCUT2D eigenvalue weighted by Gasteiger charge is 2.36. The first-order valence-corrected chi connectivity index (χ1v) is 8.24. The fraction of sp³-hybridized carbons (Fsp3) is 0.211. The third-order valence-corrected chi connectivity index (χ3v) is 4.02. The lowest BCUT2D eigenvalue weighted by Crippen LogP contribution is -2.28. The average molecular weight is 397 g/mol. The number of ether oxygens (including phenoxy) is 1. The van der Waals surface area contributed by atoms with Crippen LogP contribution in [0.3, 0.4) is 0 Å². The molecule has 0 fully saturated rings. The number of hydrogen-bond donors (Lipinski definition) is 1. The van der Waals surface area contributed by atoms with Crippen molar-refractivity contribution in [2.75, 3.05) is 5.73 Å². The van der Waals surface area contributed by atoms with Crippen molar-refractivity contribution >= 4 is 5.82 Å². The van der Waals surface area contributed by atoms with Crippen molar-refractivity contribution < 1.29 is 26.7 Å². The highest BCUT2D eigenvalue weighted by molar-refractivity contribution is 5.66. The highest BCUT2D eigenvalue weighted by Crippen LogP contribution is 2.29. The van der Waals surface area contributed by atoms with Gasteiger partial charge in [-0.2, -0.15) is 18.3 Å². The summed E-state index contributed by atoms with van der Waals surface area (Å²) in [5, 5.41) is 4.04. The summed E-state index contributed by atoms with van der Waals surface area (Å²) >= 11 is 0. The molecule has 0 bridgehead atoms. The molecule has 0 saturated carbocycles.